The molecule has 1 aliphatic carbocycles. The van der Waals surface area contributed by atoms with Crippen LogP contribution in [0.4, 0.5) is 0 Å². The van der Waals surface area contributed by atoms with E-state index in [4.69, 9.17) is 4.74 Å². The lowest BCUT2D eigenvalue weighted by atomic mass is 9.89. The molecular formula is C23H35N3O4S. The number of rotatable bonds is 7. The number of sulfonamides is 1. The summed E-state index contributed by atoms with van der Waals surface area (Å²) in [7, 11) is -2.27. The SMILES string of the molecule is CNS(=O)(=O)c1cc2c(c(C(=O)NCC3CCCN3CC3CCCCC3)c1)OC(C)C2. The number of benzene rings is 1. The van der Waals surface area contributed by atoms with Gasteiger partial charge < -0.3 is 10.1 Å². The van der Waals surface area contributed by atoms with Crippen molar-refractivity contribution in [3.63, 3.8) is 0 Å². The van der Waals surface area contributed by atoms with Gasteiger partial charge in [0.1, 0.15) is 11.9 Å². The van der Waals surface area contributed by atoms with Crippen molar-refractivity contribution < 1.29 is 17.9 Å². The minimum atomic E-state index is -3.64. The van der Waals surface area contributed by atoms with Gasteiger partial charge in [-0.25, -0.2) is 13.1 Å². The number of hydrogen-bond donors (Lipinski definition) is 2. The van der Waals surface area contributed by atoms with Crippen LogP contribution in [0, 0.1) is 5.92 Å². The van der Waals surface area contributed by atoms with E-state index in [1.54, 1.807) is 6.07 Å². The molecule has 2 N–H and O–H groups in total. The Morgan fingerprint density at radius 3 is 2.68 bits per heavy atom. The van der Waals surface area contributed by atoms with E-state index >= 15 is 0 Å². The molecule has 2 atom stereocenters. The van der Waals surface area contributed by atoms with Gasteiger partial charge in [-0.3, -0.25) is 9.69 Å². The molecule has 1 aromatic rings. The summed E-state index contributed by atoms with van der Waals surface area (Å²) in [6.45, 7) is 4.74. The predicted octanol–water partition coefficient (Wildman–Crippen LogP) is 2.69. The van der Waals surface area contributed by atoms with Crippen molar-refractivity contribution in [2.24, 2.45) is 5.92 Å². The largest absolute Gasteiger partial charge is 0.489 e. The normalized spacial score (nSPS) is 24.7. The molecule has 0 spiro atoms. The summed E-state index contributed by atoms with van der Waals surface area (Å²) in [5.74, 6) is 1.04. The molecule has 1 aromatic carbocycles. The number of amides is 1. The minimum Gasteiger partial charge on any atom is -0.489 e. The van der Waals surface area contributed by atoms with E-state index in [1.807, 2.05) is 6.92 Å². The number of hydrogen-bond acceptors (Lipinski definition) is 5. The van der Waals surface area contributed by atoms with Gasteiger partial charge in [-0.1, -0.05) is 19.3 Å². The Balaban J connectivity index is 1.46. The Labute approximate surface area is 186 Å². The van der Waals surface area contributed by atoms with Crippen LogP contribution in [-0.2, 0) is 16.4 Å². The number of likely N-dealkylation sites (tertiary alicyclic amines) is 1. The van der Waals surface area contributed by atoms with Gasteiger partial charge in [0.25, 0.3) is 5.91 Å². The van der Waals surface area contributed by atoms with Crippen LogP contribution >= 0.6 is 0 Å². The lowest BCUT2D eigenvalue weighted by molar-refractivity contribution is 0.0931. The average Bonchev–Trinajstić information content (AvgIpc) is 3.36. The molecule has 7 nitrogen and oxygen atoms in total. The molecule has 8 heteroatoms. The first-order chi connectivity index (χ1) is 14.9. The van der Waals surface area contributed by atoms with Crippen LogP contribution in [0.15, 0.2) is 17.0 Å². The predicted molar refractivity (Wildman–Crippen MR) is 120 cm³/mol. The van der Waals surface area contributed by atoms with Crippen molar-refractivity contribution >= 4 is 15.9 Å². The first kappa shape index (κ1) is 22.6. The van der Waals surface area contributed by atoms with Crippen molar-refractivity contribution in [1.29, 1.82) is 0 Å². The van der Waals surface area contributed by atoms with E-state index in [0.717, 1.165) is 31.0 Å². The zero-order valence-electron chi connectivity index (χ0n) is 18.7. The summed E-state index contributed by atoms with van der Waals surface area (Å²) in [4.78, 5) is 15.8. The summed E-state index contributed by atoms with van der Waals surface area (Å²) < 4.78 is 32.9. The molecule has 172 valence electrons. The Morgan fingerprint density at radius 2 is 1.94 bits per heavy atom. The zero-order valence-corrected chi connectivity index (χ0v) is 19.5. The third-order valence-corrected chi connectivity index (χ3v) is 8.40. The van der Waals surface area contributed by atoms with Crippen LogP contribution in [0.1, 0.15) is 67.8 Å². The molecule has 2 unspecified atom stereocenters. The average molecular weight is 450 g/mol. The fourth-order valence-corrected chi connectivity index (χ4v) is 6.12. The molecule has 3 aliphatic rings. The third kappa shape index (κ3) is 5.07. The summed E-state index contributed by atoms with van der Waals surface area (Å²) in [6.07, 6.45) is 9.48. The van der Waals surface area contributed by atoms with Gasteiger partial charge in [-0.15, -0.1) is 0 Å². The van der Waals surface area contributed by atoms with E-state index in [2.05, 4.69) is 14.9 Å². The molecular weight excluding hydrogens is 414 g/mol. The molecule has 1 saturated heterocycles. The van der Waals surface area contributed by atoms with E-state index < -0.39 is 10.0 Å². The van der Waals surface area contributed by atoms with E-state index in [9.17, 15) is 13.2 Å². The second-order valence-corrected chi connectivity index (χ2v) is 11.2. The van der Waals surface area contributed by atoms with Crippen LogP contribution in [0.3, 0.4) is 0 Å². The van der Waals surface area contributed by atoms with Gasteiger partial charge in [0.15, 0.2) is 0 Å². The summed E-state index contributed by atoms with van der Waals surface area (Å²) in [5.41, 5.74) is 1.08. The smallest absolute Gasteiger partial charge is 0.255 e. The van der Waals surface area contributed by atoms with Gasteiger partial charge in [0, 0.05) is 25.6 Å². The van der Waals surface area contributed by atoms with Gasteiger partial charge in [0.2, 0.25) is 10.0 Å². The van der Waals surface area contributed by atoms with Crippen molar-refractivity contribution in [2.75, 3.05) is 26.7 Å². The molecule has 4 rings (SSSR count). The summed E-state index contributed by atoms with van der Waals surface area (Å²) >= 11 is 0. The summed E-state index contributed by atoms with van der Waals surface area (Å²) in [5, 5.41) is 3.07. The molecule has 31 heavy (non-hydrogen) atoms. The minimum absolute atomic E-state index is 0.0742. The highest BCUT2D eigenvalue weighted by molar-refractivity contribution is 7.89. The second kappa shape index (κ2) is 9.46. The van der Waals surface area contributed by atoms with Crippen LogP contribution in [0.25, 0.3) is 0 Å². The van der Waals surface area contributed by atoms with Crippen LogP contribution in [-0.4, -0.2) is 58.1 Å². The van der Waals surface area contributed by atoms with Gasteiger partial charge >= 0.3 is 0 Å². The molecule has 0 radical (unpaired) electrons. The van der Waals surface area contributed by atoms with Crippen LogP contribution in [0.2, 0.25) is 0 Å². The Hall–Kier alpha value is -1.64. The summed E-state index contributed by atoms with van der Waals surface area (Å²) in [6, 6.07) is 3.40. The van der Waals surface area contributed by atoms with E-state index in [-0.39, 0.29) is 16.9 Å². The van der Waals surface area contributed by atoms with Gasteiger partial charge in [-0.05, 0) is 69.8 Å². The molecule has 0 bridgehead atoms. The molecule has 2 heterocycles. The van der Waals surface area contributed by atoms with Crippen LogP contribution < -0.4 is 14.8 Å². The monoisotopic (exact) mass is 449 g/mol. The number of carbonyl (C=O) groups is 1. The molecule has 0 aromatic heterocycles. The highest BCUT2D eigenvalue weighted by Crippen LogP contribution is 2.35. The zero-order chi connectivity index (χ0) is 22.0. The molecule has 1 amide bonds. The maximum Gasteiger partial charge on any atom is 0.255 e. The first-order valence-electron chi connectivity index (χ1n) is 11.7. The highest BCUT2D eigenvalue weighted by Gasteiger charge is 2.31. The van der Waals surface area contributed by atoms with Gasteiger partial charge in [-0.2, -0.15) is 0 Å². The van der Waals surface area contributed by atoms with Crippen molar-refractivity contribution in [2.45, 2.75) is 75.3 Å². The first-order valence-corrected chi connectivity index (χ1v) is 13.1. The second-order valence-electron chi connectivity index (χ2n) is 9.30. The van der Waals surface area contributed by atoms with Gasteiger partial charge in [0.05, 0.1) is 10.5 Å². The topological polar surface area (TPSA) is 87.7 Å². The Bertz CT molecular complexity index is 912. The standard InChI is InChI=1S/C23H35N3O4S/c1-16-11-18-12-20(31(28,29)24-2)13-21(22(18)30-16)23(27)25-14-19-9-6-10-26(19)15-17-7-4-3-5-8-17/h12-13,16-17,19,24H,3-11,14-15H2,1-2H3,(H,25,27). The van der Waals surface area contributed by atoms with Crippen molar-refractivity contribution in [3.8, 4) is 5.75 Å². The maximum atomic E-state index is 13.1. The molecule has 2 aliphatic heterocycles. The van der Waals surface area contributed by atoms with Crippen LogP contribution in [0.5, 0.6) is 5.75 Å². The lowest BCUT2D eigenvalue weighted by Gasteiger charge is -2.31. The Kier molecular flexibility index (Phi) is 6.89. The number of nitrogens with one attached hydrogen (secondary N) is 2. The molecule has 1 saturated carbocycles. The van der Waals surface area contributed by atoms with Crippen molar-refractivity contribution in [3.05, 3.63) is 23.3 Å². The maximum absolute atomic E-state index is 13.1. The fourth-order valence-electron chi connectivity index (χ4n) is 5.32. The number of ether oxygens (including phenoxy) is 1. The van der Waals surface area contributed by atoms with Crippen molar-refractivity contribution in [1.82, 2.24) is 14.9 Å². The highest BCUT2D eigenvalue weighted by atomic mass is 32.2. The van der Waals surface area contributed by atoms with E-state index in [1.165, 1.54) is 51.6 Å². The number of carbonyl (C=O) groups excluding carboxylic acids is 1. The number of nitrogens with zero attached hydrogens (tertiary/aromatic N) is 1. The fraction of sp³-hybridized carbons (Fsp3) is 0.696. The quantitative estimate of drug-likeness (QED) is 0.668. The molecule has 2 fully saturated rings. The Morgan fingerprint density at radius 1 is 1.16 bits per heavy atom. The lowest BCUT2D eigenvalue weighted by Crippen LogP contribution is -2.42. The third-order valence-electron chi connectivity index (χ3n) is 7.00. The van der Waals surface area contributed by atoms with E-state index in [0.29, 0.717) is 30.3 Å². The number of fused-ring (bicyclic) bond motifs is 1.